The van der Waals surface area contributed by atoms with Gasteiger partial charge in [-0.15, -0.1) is 0 Å². The van der Waals surface area contributed by atoms with E-state index in [1.54, 1.807) is 23.7 Å². The lowest BCUT2D eigenvalue weighted by atomic mass is 9.95. The molecule has 1 N–H and O–H groups in total. The second-order valence-electron chi connectivity index (χ2n) is 7.48. The number of carbonyl (C=O) groups excluding carboxylic acids is 1. The van der Waals surface area contributed by atoms with Gasteiger partial charge in [-0.25, -0.2) is 14.2 Å². The summed E-state index contributed by atoms with van der Waals surface area (Å²) in [5.41, 5.74) is 2.15. The highest BCUT2D eigenvalue weighted by molar-refractivity contribution is 9.10. The summed E-state index contributed by atoms with van der Waals surface area (Å²) in [6.45, 7) is 2.48. The minimum absolute atomic E-state index is 0.0795. The molecule has 0 aliphatic heterocycles. The van der Waals surface area contributed by atoms with Crippen LogP contribution in [0.1, 0.15) is 41.3 Å². The second kappa shape index (κ2) is 12.5. The summed E-state index contributed by atoms with van der Waals surface area (Å²) < 4.78 is 55.1. The Morgan fingerprint density at radius 1 is 1.26 bits per heavy atom. The number of Topliss-reactive ketones (excluding diaryl/α,β-unsaturated/α-hetero) is 1. The number of rotatable bonds is 8. The third kappa shape index (κ3) is 7.74. The molecule has 12 heteroatoms. The van der Waals surface area contributed by atoms with Gasteiger partial charge in [0.1, 0.15) is 12.1 Å². The van der Waals surface area contributed by atoms with Crippen LogP contribution in [-0.4, -0.2) is 45.8 Å². The molecule has 0 aliphatic rings. The summed E-state index contributed by atoms with van der Waals surface area (Å²) in [6.07, 6.45) is -1.49. The quantitative estimate of drug-likeness (QED) is 0.190. The van der Waals surface area contributed by atoms with Crippen LogP contribution in [0.2, 0.25) is 5.02 Å². The average molecular weight is 582 g/mol. The van der Waals surface area contributed by atoms with Crippen LogP contribution in [0, 0.1) is 5.82 Å². The Kier molecular flexibility index (Phi) is 10.2. The van der Waals surface area contributed by atoms with Crippen LogP contribution in [0.4, 0.5) is 17.6 Å². The van der Waals surface area contributed by atoms with Crippen LogP contribution >= 0.6 is 27.5 Å². The molecule has 0 saturated carbocycles. The number of fused-ring (bicyclic) bond motifs is 1. The van der Waals surface area contributed by atoms with Crippen LogP contribution in [0.5, 0.6) is 0 Å². The lowest BCUT2D eigenvalue weighted by Gasteiger charge is -2.13. The number of hydrogen-bond acceptors (Lipinski definition) is 4. The van der Waals surface area contributed by atoms with E-state index >= 15 is 4.39 Å². The van der Waals surface area contributed by atoms with Crippen molar-refractivity contribution in [3.63, 3.8) is 0 Å². The normalized spacial score (nSPS) is 11.3. The van der Waals surface area contributed by atoms with Gasteiger partial charge in [-0.3, -0.25) is 4.79 Å². The fraction of sp³-hybridized carbons (Fsp3) is 0.348. The zero-order valence-corrected chi connectivity index (χ0v) is 21.1. The van der Waals surface area contributed by atoms with Crippen LogP contribution in [0.25, 0.3) is 11.0 Å². The van der Waals surface area contributed by atoms with Gasteiger partial charge in [0.2, 0.25) is 0 Å². The molecular formula is C23H22BrClF4N2O4. The van der Waals surface area contributed by atoms with Gasteiger partial charge >= 0.3 is 12.1 Å². The number of unbranched alkanes of at least 4 members (excludes halogenated alkanes) is 1. The summed E-state index contributed by atoms with van der Waals surface area (Å²) >= 11 is 9.69. The maximum Gasteiger partial charge on any atom is 0.490 e. The molecule has 0 bridgehead atoms. The molecule has 0 amide bonds. The van der Waals surface area contributed by atoms with Gasteiger partial charge in [0.25, 0.3) is 0 Å². The Bertz CT molecular complexity index is 1210. The minimum Gasteiger partial charge on any atom is -0.475 e. The molecule has 0 spiro atoms. The van der Waals surface area contributed by atoms with Crippen LogP contribution < -0.4 is 0 Å². The van der Waals surface area contributed by atoms with E-state index in [9.17, 15) is 18.0 Å². The Hall–Kier alpha value is -2.50. The maximum absolute atomic E-state index is 15.3. The van der Waals surface area contributed by atoms with E-state index < -0.39 is 18.0 Å². The van der Waals surface area contributed by atoms with Crippen molar-refractivity contribution in [3.8, 4) is 0 Å². The average Bonchev–Trinajstić information content (AvgIpc) is 3.15. The predicted octanol–water partition coefficient (Wildman–Crippen LogP) is 6.35. The number of alkyl halides is 3. The third-order valence-corrected chi connectivity index (χ3v) is 5.71. The summed E-state index contributed by atoms with van der Waals surface area (Å²) in [5, 5.41) is 7.63. The molecule has 1 heterocycles. The van der Waals surface area contributed by atoms with Gasteiger partial charge in [-0.05, 0) is 30.2 Å². The minimum atomic E-state index is -5.08. The Labute approximate surface area is 212 Å². The molecule has 0 atom stereocenters. The van der Waals surface area contributed by atoms with E-state index in [-0.39, 0.29) is 24.3 Å². The van der Waals surface area contributed by atoms with Gasteiger partial charge in [-0.1, -0.05) is 46.9 Å². The number of aromatic nitrogens is 2. The highest BCUT2D eigenvalue weighted by atomic mass is 79.9. The van der Waals surface area contributed by atoms with Crippen molar-refractivity contribution in [2.45, 2.75) is 32.4 Å². The van der Waals surface area contributed by atoms with Crippen molar-refractivity contribution < 1.29 is 37.0 Å². The first kappa shape index (κ1) is 28.7. The number of carbonyl (C=O) groups is 2. The molecule has 3 aromatic rings. The number of imidazole rings is 1. The van der Waals surface area contributed by atoms with Gasteiger partial charge in [0.15, 0.2) is 11.6 Å². The summed E-state index contributed by atoms with van der Waals surface area (Å²) in [5.74, 6) is -3.50. The van der Waals surface area contributed by atoms with Gasteiger partial charge in [0.05, 0.1) is 11.8 Å². The van der Waals surface area contributed by atoms with Crippen molar-refractivity contribution in [1.82, 2.24) is 9.55 Å². The molecule has 3 rings (SSSR count). The standard InChI is InChI=1S/C21H21BrClFN2O2.C2HF3O2/c1-3-4-7-28-11-19(27)15-10-18-21(25-12-26(18)2)20(24)16(15)8-13-5-6-14(22)9-17(13)23;3-2(4,5)1(6)7/h5-6,9-10,12H,3-4,7-8,11H2,1-2H3;(H,6,7). The number of carboxylic acid groups (broad SMARTS) is 1. The van der Waals surface area contributed by atoms with Crippen molar-refractivity contribution in [3.05, 3.63) is 62.6 Å². The second-order valence-corrected chi connectivity index (χ2v) is 8.81. The molecule has 2 aromatic carbocycles. The van der Waals surface area contributed by atoms with E-state index in [1.807, 2.05) is 12.1 Å². The Morgan fingerprint density at radius 3 is 2.49 bits per heavy atom. The highest BCUT2D eigenvalue weighted by Crippen LogP contribution is 2.30. The molecule has 35 heavy (non-hydrogen) atoms. The highest BCUT2D eigenvalue weighted by Gasteiger charge is 2.38. The van der Waals surface area contributed by atoms with Crippen molar-refractivity contribution in [2.75, 3.05) is 13.2 Å². The van der Waals surface area contributed by atoms with E-state index in [4.69, 9.17) is 26.2 Å². The largest absolute Gasteiger partial charge is 0.490 e. The zero-order chi connectivity index (χ0) is 26.3. The molecule has 0 aliphatic carbocycles. The summed E-state index contributed by atoms with van der Waals surface area (Å²) in [7, 11) is 1.77. The van der Waals surface area contributed by atoms with Crippen molar-refractivity contribution in [2.24, 2.45) is 7.05 Å². The molecule has 1 aromatic heterocycles. The maximum atomic E-state index is 15.3. The predicted molar refractivity (Wildman–Crippen MR) is 126 cm³/mol. The molecule has 0 radical (unpaired) electrons. The molecule has 0 saturated heterocycles. The number of hydrogen-bond donors (Lipinski definition) is 1. The van der Waals surface area contributed by atoms with Gasteiger partial charge in [0, 0.05) is 40.7 Å². The number of aliphatic carboxylic acids is 1. The number of nitrogens with zero attached hydrogens (tertiary/aromatic N) is 2. The fourth-order valence-corrected chi connectivity index (χ4v) is 3.77. The molecular weight excluding hydrogens is 560 g/mol. The van der Waals surface area contributed by atoms with Crippen molar-refractivity contribution >= 4 is 50.3 Å². The molecule has 0 fully saturated rings. The van der Waals surface area contributed by atoms with Crippen LogP contribution in [0.15, 0.2) is 35.1 Å². The van der Waals surface area contributed by atoms with Crippen molar-refractivity contribution in [1.29, 1.82) is 0 Å². The van der Waals surface area contributed by atoms with E-state index in [2.05, 4.69) is 27.8 Å². The first-order chi connectivity index (χ1) is 16.4. The monoisotopic (exact) mass is 580 g/mol. The summed E-state index contributed by atoms with van der Waals surface area (Å²) in [6, 6.07) is 7.11. The first-order valence-electron chi connectivity index (χ1n) is 10.3. The molecule has 0 unspecified atom stereocenters. The van der Waals surface area contributed by atoms with E-state index in [1.165, 1.54) is 6.33 Å². The lowest BCUT2D eigenvalue weighted by molar-refractivity contribution is -0.192. The number of ether oxygens (including phenoxy) is 1. The molecule has 190 valence electrons. The van der Waals surface area contributed by atoms with Gasteiger partial charge < -0.3 is 14.4 Å². The fourth-order valence-electron chi connectivity index (χ4n) is 3.03. The topological polar surface area (TPSA) is 81.4 Å². The number of halogens is 6. The zero-order valence-electron chi connectivity index (χ0n) is 18.8. The lowest BCUT2D eigenvalue weighted by Crippen LogP contribution is -2.21. The van der Waals surface area contributed by atoms with Crippen LogP contribution in [-0.2, 0) is 23.0 Å². The first-order valence-corrected chi connectivity index (χ1v) is 11.5. The van der Waals surface area contributed by atoms with Gasteiger partial charge in [-0.2, -0.15) is 13.2 Å². The number of benzene rings is 2. The Balaban J connectivity index is 0.000000540. The Morgan fingerprint density at radius 2 is 1.91 bits per heavy atom. The van der Waals surface area contributed by atoms with E-state index in [0.29, 0.717) is 28.3 Å². The SMILES string of the molecule is CCCCOCC(=O)c1cc2c(ncn2C)c(F)c1Cc1ccc(Br)cc1Cl.O=C(O)C(F)(F)F. The van der Waals surface area contributed by atoms with E-state index in [0.717, 1.165) is 22.9 Å². The molecule has 6 nitrogen and oxygen atoms in total. The number of aryl methyl sites for hydroxylation is 1. The third-order valence-electron chi connectivity index (χ3n) is 4.86. The number of ketones is 1. The summed E-state index contributed by atoms with van der Waals surface area (Å²) in [4.78, 5) is 25.9. The smallest absolute Gasteiger partial charge is 0.475 e. The van der Waals surface area contributed by atoms with Crippen LogP contribution in [0.3, 0.4) is 0 Å². The number of carboxylic acids is 1.